The Balaban J connectivity index is 1.50. The van der Waals surface area contributed by atoms with Crippen LogP contribution in [0.3, 0.4) is 0 Å². The molecular formula is C32H50O5S. The Morgan fingerprint density at radius 1 is 1.00 bits per heavy atom. The molecule has 0 unspecified atom stereocenters. The number of fused-ring (bicyclic) bond motifs is 3. The Morgan fingerprint density at radius 2 is 1.71 bits per heavy atom. The van der Waals surface area contributed by atoms with E-state index >= 15 is 0 Å². The SMILES string of the molecule is CC(C)CCC[C@@H](C)[C@H]1CC[C@H]2[C@@H]3CCC(=O)O[C@](C)(C[C@H](O)CS(=O)(=O)c4ccccc4)[C@H]3CC[C@]12C. The van der Waals surface area contributed by atoms with Gasteiger partial charge in [-0.1, -0.05) is 65.2 Å². The van der Waals surface area contributed by atoms with E-state index in [4.69, 9.17) is 4.74 Å². The van der Waals surface area contributed by atoms with Crippen LogP contribution in [0.25, 0.3) is 0 Å². The van der Waals surface area contributed by atoms with Crippen LogP contribution in [0, 0.1) is 40.9 Å². The van der Waals surface area contributed by atoms with Crippen molar-refractivity contribution in [1.29, 1.82) is 0 Å². The van der Waals surface area contributed by atoms with E-state index in [1.54, 1.807) is 30.3 Å². The van der Waals surface area contributed by atoms with Crippen LogP contribution < -0.4 is 0 Å². The fourth-order valence-electron chi connectivity index (χ4n) is 8.84. The standard InChI is InChI=1S/C32H50O5S/c1-22(2)10-9-11-23(3)27-15-16-28-26-14-17-30(34)37-32(5,29(26)18-19-31(27,28)4)20-24(33)21-38(35,36)25-12-7-6-8-13-25/h6-8,12-13,22-24,26-29,33H,9-11,14-21H2,1-5H3/t23-,24+,26+,27-,28+,29+,31-,32-/m1/s1. The van der Waals surface area contributed by atoms with Gasteiger partial charge in [0.2, 0.25) is 0 Å². The van der Waals surface area contributed by atoms with Gasteiger partial charge in [-0.2, -0.15) is 0 Å². The molecule has 0 spiro atoms. The summed E-state index contributed by atoms with van der Waals surface area (Å²) in [5.41, 5.74) is -0.575. The van der Waals surface area contributed by atoms with Crippen molar-refractivity contribution in [3.63, 3.8) is 0 Å². The number of rotatable bonds is 10. The molecular weight excluding hydrogens is 496 g/mol. The third kappa shape index (κ3) is 6.16. The predicted molar refractivity (Wildman–Crippen MR) is 151 cm³/mol. The first-order valence-corrected chi connectivity index (χ1v) is 16.7. The first kappa shape index (κ1) is 29.6. The summed E-state index contributed by atoms with van der Waals surface area (Å²) in [5, 5.41) is 11.0. The average Bonchev–Trinajstić information content (AvgIpc) is 3.13. The number of aliphatic hydroxyl groups is 1. The van der Waals surface area contributed by atoms with Gasteiger partial charge in [-0.3, -0.25) is 4.79 Å². The Hall–Kier alpha value is -1.40. The maximum absolute atomic E-state index is 12.9. The molecule has 6 heteroatoms. The van der Waals surface area contributed by atoms with Crippen LogP contribution in [0.5, 0.6) is 0 Å². The summed E-state index contributed by atoms with van der Waals surface area (Å²) in [6, 6.07) is 8.29. The van der Waals surface area contributed by atoms with Gasteiger partial charge < -0.3 is 9.84 Å². The maximum atomic E-state index is 12.9. The number of benzene rings is 1. The second-order valence-electron chi connectivity index (χ2n) is 13.7. The first-order valence-electron chi connectivity index (χ1n) is 15.0. The van der Waals surface area contributed by atoms with Crippen LogP contribution >= 0.6 is 0 Å². The Bertz CT molecular complexity index is 1050. The van der Waals surface area contributed by atoms with E-state index in [-0.39, 0.29) is 34.4 Å². The molecule has 2 aliphatic carbocycles. The van der Waals surface area contributed by atoms with Crippen LogP contribution in [0.2, 0.25) is 0 Å². The molecule has 0 radical (unpaired) electrons. The number of carbonyl (C=O) groups excluding carboxylic acids is 1. The molecule has 3 fully saturated rings. The maximum Gasteiger partial charge on any atom is 0.306 e. The lowest BCUT2D eigenvalue weighted by atomic mass is 9.53. The van der Waals surface area contributed by atoms with Crippen LogP contribution in [0.1, 0.15) is 98.8 Å². The zero-order valence-corrected chi connectivity index (χ0v) is 25.0. The van der Waals surface area contributed by atoms with Crippen LogP contribution in [0.15, 0.2) is 35.2 Å². The quantitative estimate of drug-likeness (QED) is 0.325. The number of hydrogen-bond acceptors (Lipinski definition) is 5. The lowest BCUT2D eigenvalue weighted by Crippen LogP contribution is -2.51. The fourth-order valence-corrected chi connectivity index (χ4v) is 10.2. The smallest absolute Gasteiger partial charge is 0.306 e. The van der Waals surface area contributed by atoms with Crippen molar-refractivity contribution in [3.8, 4) is 0 Å². The molecule has 0 amide bonds. The number of carbonyl (C=O) groups is 1. The van der Waals surface area contributed by atoms with Crippen molar-refractivity contribution in [2.45, 2.75) is 115 Å². The summed E-state index contributed by atoms with van der Waals surface area (Å²) in [5.74, 6) is 2.68. The Kier molecular flexibility index (Phi) is 9.03. The molecule has 1 N–H and O–H groups in total. The molecule has 1 saturated heterocycles. The van der Waals surface area contributed by atoms with E-state index in [0.717, 1.165) is 25.2 Å². The summed E-state index contributed by atoms with van der Waals surface area (Å²) in [4.78, 5) is 13.0. The number of sulfone groups is 1. The molecule has 1 aliphatic heterocycles. The van der Waals surface area contributed by atoms with Crippen molar-refractivity contribution in [3.05, 3.63) is 30.3 Å². The van der Waals surface area contributed by atoms with Gasteiger partial charge in [0.05, 0.1) is 16.8 Å². The topological polar surface area (TPSA) is 80.7 Å². The van der Waals surface area contributed by atoms with E-state index in [2.05, 4.69) is 27.7 Å². The summed E-state index contributed by atoms with van der Waals surface area (Å²) >= 11 is 0. The molecule has 4 rings (SSSR count). The van der Waals surface area contributed by atoms with Crippen LogP contribution in [-0.2, 0) is 19.4 Å². The van der Waals surface area contributed by atoms with Gasteiger partial charge in [-0.15, -0.1) is 0 Å². The molecule has 0 aromatic heterocycles. The lowest BCUT2D eigenvalue weighted by molar-refractivity contribution is -0.170. The highest BCUT2D eigenvalue weighted by atomic mass is 32.2. The minimum absolute atomic E-state index is 0.149. The van der Waals surface area contributed by atoms with Gasteiger partial charge in [-0.25, -0.2) is 8.42 Å². The largest absolute Gasteiger partial charge is 0.459 e. The molecule has 5 nitrogen and oxygen atoms in total. The van der Waals surface area contributed by atoms with E-state index in [1.165, 1.54) is 32.1 Å². The Morgan fingerprint density at radius 3 is 2.39 bits per heavy atom. The van der Waals surface area contributed by atoms with Gasteiger partial charge in [0.1, 0.15) is 5.60 Å². The number of aliphatic hydroxyl groups excluding tert-OH is 1. The third-order valence-electron chi connectivity index (χ3n) is 10.6. The molecule has 3 aliphatic rings. The zero-order valence-electron chi connectivity index (χ0n) is 24.2. The van der Waals surface area contributed by atoms with Gasteiger partial charge in [0.15, 0.2) is 9.84 Å². The van der Waals surface area contributed by atoms with E-state index in [0.29, 0.717) is 30.1 Å². The van der Waals surface area contributed by atoms with E-state index in [9.17, 15) is 18.3 Å². The number of hydrogen-bond donors (Lipinski definition) is 1. The normalized spacial score (nSPS) is 35.2. The highest BCUT2D eigenvalue weighted by Crippen LogP contribution is 2.64. The van der Waals surface area contributed by atoms with E-state index in [1.807, 2.05) is 6.92 Å². The molecule has 1 heterocycles. The lowest BCUT2D eigenvalue weighted by Gasteiger charge is -2.53. The summed E-state index contributed by atoms with van der Waals surface area (Å²) in [6.45, 7) is 11.5. The van der Waals surface area contributed by atoms with Crippen molar-refractivity contribution >= 4 is 15.8 Å². The highest BCUT2D eigenvalue weighted by Gasteiger charge is 2.59. The van der Waals surface area contributed by atoms with Gasteiger partial charge in [0, 0.05) is 18.8 Å². The average molecular weight is 547 g/mol. The summed E-state index contributed by atoms with van der Waals surface area (Å²) < 4.78 is 32.0. The van der Waals surface area contributed by atoms with Gasteiger partial charge >= 0.3 is 5.97 Å². The molecule has 214 valence electrons. The number of esters is 1. The monoisotopic (exact) mass is 546 g/mol. The van der Waals surface area contributed by atoms with Crippen molar-refractivity contribution in [1.82, 2.24) is 0 Å². The minimum atomic E-state index is -3.63. The zero-order chi connectivity index (χ0) is 27.7. The highest BCUT2D eigenvalue weighted by molar-refractivity contribution is 7.91. The molecule has 0 bridgehead atoms. The van der Waals surface area contributed by atoms with Crippen molar-refractivity contribution < 1.29 is 23.1 Å². The molecule has 38 heavy (non-hydrogen) atoms. The molecule has 2 saturated carbocycles. The second-order valence-corrected chi connectivity index (χ2v) is 15.7. The minimum Gasteiger partial charge on any atom is -0.459 e. The molecule has 1 aromatic rings. The van der Waals surface area contributed by atoms with Gasteiger partial charge in [0.25, 0.3) is 0 Å². The summed E-state index contributed by atoms with van der Waals surface area (Å²) in [6.07, 6.45) is 8.74. The number of ether oxygens (including phenoxy) is 1. The third-order valence-corrected chi connectivity index (χ3v) is 12.4. The van der Waals surface area contributed by atoms with Crippen LogP contribution in [0.4, 0.5) is 0 Å². The van der Waals surface area contributed by atoms with Crippen LogP contribution in [-0.4, -0.2) is 37.0 Å². The van der Waals surface area contributed by atoms with E-state index < -0.39 is 21.5 Å². The molecule has 1 aromatic carbocycles. The second kappa shape index (κ2) is 11.6. The fraction of sp³-hybridized carbons (Fsp3) is 0.781. The van der Waals surface area contributed by atoms with Crippen molar-refractivity contribution in [2.24, 2.45) is 40.9 Å². The van der Waals surface area contributed by atoms with Crippen molar-refractivity contribution in [2.75, 3.05) is 5.75 Å². The van der Waals surface area contributed by atoms with Gasteiger partial charge in [-0.05, 0) is 86.2 Å². The first-order chi connectivity index (χ1) is 17.9. The summed E-state index contributed by atoms with van der Waals surface area (Å²) in [7, 11) is -3.63. The Labute approximate surface area is 231 Å². The molecule has 8 atom stereocenters. The number of cyclic esters (lactones) is 1. The predicted octanol–water partition coefficient (Wildman–Crippen LogP) is 6.83.